The molecule has 28 heavy (non-hydrogen) atoms. The fourth-order valence-corrected chi connectivity index (χ4v) is 3.85. The number of nitrogen functional groups attached to an aromatic ring is 1. The van der Waals surface area contributed by atoms with E-state index in [0.29, 0.717) is 18.0 Å². The summed E-state index contributed by atoms with van der Waals surface area (Å²) >= 11 is 0. The van der Waals surface area contributed by atoms with Crippen LogP contribution in [0.1, 0.15) is 23.7 Å². The number of hydrogen-bond donors (Lipinski definition) is 1. The predicted molar refractivity (Wildman–Crippen MR) is 117 cm³/mol. The van der Waals surface area contributed by atoms with Gasteiger partial charge in [0, 0.05) is 50.5 Å². The molecule has 0 radical (unpaired) electrons. The Morgan fingerprint density at radius 3 is 2.39 bits per heavy atom. The third kappa shape index (κ3) is 4.44. The lowest BCUT2D eigenvalue weighted by Crippen LogP contribution is -2.48. The van der Waals surface area contributed by atoms with Crippen LogP contribution in [0.3, 0.4) is 0 Å². The quantitative estimate of drug-likeness (QED) is 0.833. The number of aromatic nitrogens is 2. The van der Waals surface area contributed by atoms with Gasteiger partial charge in [-0.15, -0.1) is 0 Å². The van der Waals surface area contributed by atoms with Crippen LogP contribution >= 0.6 is 0 Å². The third-order valence-electron chi connectivity index (χ3n) is 5.45. The van der Waals surface area contributed by atoms with E-state index in [4.69, 9.17) is 5.73 Å². The lowest BCUT2D eigenvalue weighted by molar-refractivity contribution is 0.211. The number of hydrogen-bond acceptors (Lipinski definition) is 5. The van der Waals surface area contributed by atoms with Crippen LogP contribution in [0.4, 0.5) is 11.4 Å². The number of rotatable bonds is 6. The van der Waals surface area contributed by atoms with Crippen molar-refractivity contribution in [2.24, 2.45) is 5.92 Å². The molecule has 150 valence electrons. The maximum Gasteiger partial charge on any atom is 0.290 e. The Bertz CT molecular complexity index is 879. The van der Waals surface area contributed by atoms with E-state index in [1.807, 2.05) is 6.92 Å². The summed E-state index contributed by atoms with van der Waals surface area (Å²) in [5, 5.41) is 4.42. The Kier molecular flexibility index (Phi) is 6.19. The molecule has 1 aliphatic rings. The summed E-state index contributed by atoms with van der Waals surface area (Å²) in [6.07, 6.45) is 1.60. The lowest BCUT2D eigenvalue weighted by atomic mass is 10.1. The average molecular weight is 382 g/mol. The first-order valence-electron chi connectivity index (χ1n) is 9.92. The number of nitrogens with zero attached hydrogens (tertiary/aromatic N) is 4. The largest absolute Gasteiger partial charge is 0.394 e. The third-order valence-corrected chi connectivity index (χ3v) is 5.45. The molecule has 0 spiro atoms. The molecule has 0 amide bonds. The molecule has 2 heterocycles. The van der Waals surface area contributed by atoms with Crippen molar-refractivity contribution < 1.29 is 0 Å². The fraction of sp³-hybridized carbons (Fsp3) is 0.455. The molecule has 1 aromatic carbocycles. The van der Waals surface area contributed by atoms with Gasteiger partial charge in [-0.2, -0.15) is 5.10 Å². The van der Waals surface area contributed by atoms with E-state index in [1.54, 1.807) is 6.08 Å². The minimum absolute atomic E-state index is 0.225. The van der Waals surface area contributed by atoms with E-state index in [0.717, 1.165) is 38.4 Å². The molecule has 1 atom stereocenters. The summed E-state index contributed by atoms with van der Waals surface area (Å²) in [5.41, 5.74) is 9.95. The zero-order valence-electron chi connectivity index (χ0n) is 17.2. The van der Waals surface area contributed by atoms with Gasteiger partial charge in [0.2, 0.25) is 0 Å². The number of anilines is 2. The van der Waals surface area contributed by atoms with E-state index >= 15 is 0 Å². The molecule has 6 heteroatoms. The highest BCUT2D eigenvalue weighted by Gasteiger charge is 2.20. The zero-order chi connectivity index (χ0) is 20.3. The minimum Gasteiger partial charge on any atom is -0.394 e. The maximum absolute atomic E-state index is 12.5. The van der Waals surface area contributed by atoms with Gasteiger partial charge in [-0.1, -0.05) is 37.3 Å². The van der Waals surface area contributed by atoms with Crippen LogP contribution < -0.4 is 16.2 Å². The number of nitrogens with two attached hydrogens (primary N) is 1. The molecule has 2 aromatic rings. The van der Waals surface area contributed by atoms with Crippen LogP contribution in [0.15, 0.2) is 35.6 Å². The molecule has 1 unspecified atom stereocenters. The van der Waals surface area contributed by atoms with Crippen molar-refractivity contribution in [3.05, 3.63) is 58.0 Å². The molecule has 1 aromatic heterocycles. The number of aryl methyl sites for hydroxylation is 2. The van der Waals surface area contributed by atoms with E-state index < -0.39 is 0 Å². The molecule has 2 N–H and O–H groups in total. The first-order valence-corrected chi connectivity index (χ1v) is 9.92. The van der Waals surface area contributed by atoms with Crippen molar-refractivity contribution in [2.75, 3.05) is 43.4 Å². The minimum atomic E-state index is -0.225. The number of benzene rings is 1. The molecular formula is C22H31N5O. The van der Waals surface area contributed by atoms with Crippen LogP contribution in [0.2, 0.25) is 0 Å². The molecule has 0 saturated carbocycles. The SMILES string of the molecule is C=Cc1c(C)nn(CC(C)CN2CCN(c3ccc(C)cc3)CC2)c(=O)c1N. The summed E-state index contributed by atoms with van der Waals surface area (Å²) in [4.78, 5) is 17.4. The topological polar surface area (TPSA) is 67.4 Å². The fourth-order valence-electron chi connectivity index (χ4n) is 3.85. The van der Waals surface area contributed by atoms with Crippen molar-refractivity contribution in [3.63, 3.8) is 0 Å². The summed E-state index contributed by atoms with van der Waals surface area (Å²) in [7, 11) is 0. The highest BCUT2D eigenvalue weighted by molar-refractivity contribution is 5.63. The van der Waals surface area contributed by atoms with Gasteiger partial charge < -0.3 is 10.6 Å². The summed E-state index contributed by atoms with van der Waals surface area (Å²) in [5.74, 6) is 0.310. The van der Waals surface area contributed by atoms with E-state index in [2.05, 4.69) is 59.6 Å². The molecule has 3 rings (SSSR count). The van der Waals surface area contributed by atoms with Crippen LogP contribution in [0, 0.1) is 19.8 Å². The van der Waals surface area contributed by atoms with Gasteiger partial charge in [0.25, 0.3) is 5.56 Å². The van der Waals surface area contributed by atoms with Crippen molar-refractivity contribution >= 4 is 17.5 Å². The van der Waals surface area contributed by atoms with E-state index in [-0.39, 0.29) is 11.2 Å². The summed E-state index contributed by atoms with van der Waals surface area (Å²) in [6.45, 7) is 15.5. The zero-order valence-corrected chi connectivity index (χ0v) is 17.2. The van der Waals surface area contributed by atoms with Gasteiger partial charge in [-0.25, -0.2) is 4.68 Å². The Hall–Kier alpha value is -2.60. The highest BCUT2D eigenvalue weighted by Crippen LogP contribution is 2.18. The van der Waals surface area contributed by atoms with Crippen LogP contribution in [-0.2, 0) is 6.54 Å². The second kappa shape index (κ2) is 8.61. The van der Waals surface area contributed by atoms with Crippen molar-refractivity contribution in [3.8, 4) is 0 Å². The van der Waals surface area contributed by atoms with Crippen LogP contribution in [-0.4, -0.2) is 47.4 Å². The second-order valence-corrected chi connectivity index (χ2v) is 7.83. The Labute approximate surface area is 167 Å². The molecule has 1 aliphatic heterocycles. The van der Waals surface area contributed by atoms with Gasteiger partial charge in [0.15, 0.2) is 0 Å². The van der Waals surface area contributed by atoms with Crippen molar-refractivity contribution in [1.82, 2.24) is 14.7 Å². The molecular weight excluding hydrogens is 350 g/mol. The van der Waals surface area contributed by atoms with Gasteiger partial charge in [-0.05, 0) is 31.9 Å². The maximum atomic E-state index is 12.5. The highest BCUT2D eigenvalue weighted by atomic mass is 16.1. The van der Waals surface area contributed by atoms with Gasteiger partial charge in [-0.3, -0.25) is 9.69 Å². The van der Waals surface area contributed by atoms with Crippen molar-refractivity contribution in [1.29, 1.82) is 0 Å². The molecule has 0 aliphatic carbocycles. The van der Waals surface area contributed by atoms with E-state index in [1.165, 1.54) is 15.9 Å². The molecule has 1 saturated heterocycles. The smallest absolute Gasteiger partial charge is 0.290 e. The standard InChI is InChI=1S/C22H31N5O/c1-5-20-18(4)24-27(22(28)21(20)23)15-17(3)14-25-10-12-26(13-11-25)19-8-6-16(2)7-9-19/h5-9,17H,1,10-15,23H2,2-4H3. The first kappa shape index (κ1) is 20.1. The number of piperazine rings is 1. The average Bonchev–Trinajstić information content (AvgIpc) is 2.67. The predicted octanol–water partition coefficient (Wildman–Crippen LogP) is 2.54. The normalized spacial score (nSPS) is 16.2. The Balaban J connectivity index is 1.56. The van der Waals surface area contributed by atoms with Gasteiger partial charge in [0.05, 0.1) is 5.69 Å². The lowest BCUT2D eigenvalue weighted by Gasteiger charge is -2.37. The Morgan fingerprint density at radius 2 is 1.79 bits per heavy atom. The Morgan fingerprint density at radius 1 is 1.14 bits per heavy atom. The molecule has 6 nitrogen and oxygen atoms in total. The molecule has 0 bridgehead atoms. The van der Waals surface area contributed by atoms with Crippen LogP contribution in [0.5, 0.6) is 0 Å². The van der Waals surface area contributed by atoms with Crippen LogP contribution in [0.25, 0.3) is 6.08 Å². The van der Waals surface area contributed by atoms with Crippen molar-refractivity contribution in [2.45, 2.75) is 27.3 Å². The van der Waals surface area contributed by atoms with Gasteiger partial charge in [0.1, 0.15) is 5.69 Å². The molecule has 1 fully saturated rings. The summed E-state index contributed by atoms with van der Waals surface area (Å²) < 4.78 is 1.50. The summed E-state index contributed by atoms with van der Waals surface area (Å²) in [6, 6.07) is 8.73. The first-order chi connectivity index (χ1) is 13.4. The monoisotopic (exact) mass is 381 g/mol. The second-order valence-electron chi connectivity index (χ2n) is 7.83. The van der Waals surface area contributed by atoms with E-state index in [9.17, 15) is 4.79 Å². The van der Waals surface area contributed by atoms with Gasteiger partial charge >= 0.3 is 0 Å².